The zero-order valence-corrected chi connectivity index (χ0v) is 13.0. The Labute approximate surface area is 125 Å². The zero-order chi connectivity index (χ0) is 16.2. The molecule has 2 amide bonds. The van der Waals surface area contributed by atoms with E-state index < -0.39 is 11.4 Å². The third-order valence-electron chi connectivity index (χ3n) is 4.79. The van der Waals surface area contributed by atoms with Gasteiger partial charge in [-0.05, 0) is 38.5 Å². The molecule has 0 aliphatic heterocycles. The van der Waals surface area contributed by atoms with Gasteiger partial charge in [-0.2, -0.15) is 0 Å². The van der Waals surface area contributed by atoms with Crippen LogP contribution in [0.25, 0.3) is 0 Å². The van der Waals surface area contributed by atoms with Crippen molar-refractivity contribution in [2.24, 2.45) is 23.0 Å². The van der Waals surface area contributed by atoms with Gasteiger partial charge >= 0.3 is 5.97 Å². The van der Waals surface area contributed by atoms with Crippen LogP contribution in [-0.4, -0.2) is 28.9 Å². The number of aliphatic carboxylic acids is 1. The first-order valence-electron chi connectivity index (χ1n) is 7.49. The molecule has 0 spiro atoms. The van der Waals surface area contributed by atoms with Crippen LogP contribution in [0.2, 0.25) is 0 Å². The number of carbonyl (C=O) groups is 3. The van der Waals surface area contributed by atoms with E-state index in [0.29, 0.717) is 25.7 Å². The normalized spacial score (nSPS) is 25.1. The standard InChI is InChI=1S/C15H26N2O4/c1-9(2)15(3,14(20)21)8-12(18)17-11-6-4-10(5-7-11)13(16)19/h9-11H,4-8H2,1-3H3,(H2,16,19)(H,17,18)(H,20,21). The first-order valence-corrected chi connectivity index (χ1v) is 7.49. The summed E-state index contributed by atoms with van der Waals surface area (Å²) in [6.45, 7) is 5.21. The molecule has 6 heteroatoms. The van der Waals surface area contributed by atoms with E-state index in [-0.39, 0.29) is 36.1 Å². The number of carboxylic acids is 1. The number of nitrogens with one attached hydrogen (secondary N) is 1. The van der Waals surface area contributed by atoms with Crippen LogP contribution >= 0.6 is 0 Å². The molecule has 4 N–H and O–H groups in total. The summed E-state index contributed by atoms with van der Waals surface area (Å²) in [6, 6.07) is 0.0123. The number of carboxylic acid groups (broad SMARTS) is 1. The highest BCUT2D eigenvalue weighted by Gasteiger charge is 2.39. The van der Waals surface area contributed by atoms with E-state index in [1.807, 2.05) is 0 Å². The number of hydrogen-bond donors (Lipinski definition) is 3. The maximum absolute atomic E-state index is 12.1. The number of carbonyl (C=O) groups excluding carboxylic acids is 2. The monoisotopic (exact) mass is 298 g/mol. The highest BCUT2D eigenvalue weighted by molar-refractivity contribution is 5.85. The van der Waals surface area contributed by atoms with Gasteiger partial charge in [-0.25, -0.2) is 0 Å². The van der Waals surface area contributed by atoms with E-state index in [4.69, 9.17) is 5.73 Å². The van der Waals surface area contributed by atoms with E-state index in [0.717, 1.165) is 0 Å². The summed E-state index contributed by atoms with van der Waals surface area (Å²) in [7, 11) is 0. The molecule has 1 rings (SSSR count). The van der Waals surface area contributed by atoms with Gasteiger partial charge in [0.15, 0.2) is 0 Å². The van der Waals surface area contributed by atoms with Gasteiger partial charge in [0.25, 0.3) is 0 Å². The quantitative estimate of drug-likeness (QED) is 0.686. The third kappa shape index (κ3) is 4.44. The van der Waals surface area contributed by atoms with Crippen LogP contribution in [0.5, 0.6) is 0 Å². The molecule has 1 atom stereocenters. The summed E-state index contributed by atoms with van der Waals surface area (Å²) < 4.78 is 0. The number of nitrogens with two attached hydrogens (primary N) is 1. The van der Waals surface area contributed by atoms with Crippen LogP contribution in [-0.2, 0) is 14.4 Å². The topological polar surface area (TPSA) is 109 Å². The lowest BCUT2D eigenvalue weighted by molar-refractivity contribution is -0.153. The molecule has 0 bridgehead atoms. The lowest BCUT2D eigenvalue weighted by Crippen LogP contribution is -2.44. The fourth-order valence-corrected chi connectivity index (χ4v) is 2.66. The minimum Gasteiger partial charge on any atom is -0.481 e. The van der Waals surface area contributed by atoms with Crippen molar-refractivity contribution in [3.05, 3.63) is 0 Å². The predicted molar refractivity (Wildman–Crippen MR) is 78.3 cm³/mol. The Morgan fingerprint density at radius 1 is 1.24 bits per heavy atom. The molecule has 1 saturated carbocycles. The molecule has 0 saturated heterocycles. The van der Waals surface area contributed by atoms with E-state index in [2.05, 4.69) is 5.32 Å². The molecule has 1 aliphatic carbocycles. The van der Waals surface area contributed by atoms with Crippen molar-refractivity contribution in [3.8, 4) is 0 Å². The van der Waals surface area contributed by atoms with E-state index >= 15 is 0 Å². The molecule has 0 heterocycles. The largest absolute Gasteiger partial charge is 0.481 e. The fraction of sp³-hybridized carbons (Fsp3) is 0.800. The maximum Gasteiger partial charge on any atom is 0.310 e. The number of amides is 2. The molecular weight excluding hydrogens is 272 g/mol. The molecule has 0 aromatic rings. The first-order chi connectivity index (χ1) is 9.66. The van der Waals surface area contributed by atoms with Gasteiger partial charge in [-0.15, -0.1) is 0 Å². The average Bonchev–Trinajstić information content (AvgIpc) is 2.38. The van der Waals surface area contributed by atoms with Crippen LogP contribution in [0.15, 0.2) is 0 Å². The van der Waals surface area contributed by atoms with E-state index in [1.54, 1.807) is 20.8 Å². The highest BCUT2D eigenvalue weighted by atomic mass is 16.4. The number of primary amides is 1. The van der Waals surface area contributed by atoms with Crippen molar-refractivity contribution in [1.82, 2.24) is 5.32 Å². The van der Waals surface area contributed by atoms with E-state index in [9.17, 15) is 19.5 Å². The summed E-state index contributed by atoms with van der Waals surface area (Å²) in [4.78, 5) is 34.6. The predicted octanol–water partition coefficient (Wildman–Crippen LogP) is 1.28. The second-order valence-corrected chi connectivity index (χ2v) is 6.57. The van der Waals surface area contributed by atoms with Gasteiger partial charge in [0.05, 0.1) is 5.41 Å². The molecule has 21 heavy (non-hydrogen) atoms. The number of rotatable bonds is 6. The van der Waals surface area contributed by atoms with Gasteiger partial charge in [-0.3, -0.25) is 14.4 Å². The molecule has 1 unspecified atom stereocenters. The van der Waals surface area contributed by atoms with Crippen LogP contribution in [0.1, 0.15) is 52.9 Å². The maximum atomic E-state index is 12.1. The summed E-state index contributed by atoms with van der Waals surface area (Å²) >= 11 is 0. The third-order valence-corrected chi connectivity index (χ3v) is 4.79. The summed E-state index contributed by atoms with van der Waals surface area (Å²) in [5, 5.41) is 12.2. The Balaban J connectivity index is 2.51. The molecule has 0 aromatic carbocycles. The van der Waals surface area contributed by atoms with Crippen LogP contribution in [0.4, 0.5) is 0 Å². The van der Waals surface area contributed by atoms with Gasteiger partial charge in [0.2, 0.25) is 11.8 Å². The molecular formula is C15H26N2O4. The Hall–Kier alpha value is -1.59. The molecule has 1 fully saturated rings. The summed E-state index contributed by atoms with van der Waals surface area (Å²) in [6.07, 6.45) is 2.76. The van der Waals surface area contributed by atoms with Gasteiger partial charge < -0.3 is 16.2 Å². The molecule has 120 valence electrons. The molecule has 0 radical (unpaired) electrons. The zero-order valence-electron chi connectivity index (χ0n) is 13.0. The Bertz CT molecular complexity index is 414. The highest BCUT2D eigenvalue weighted by Crippen LogP contribution is 2.32. The van der Waals surface area contributed by atoms with Gasteiger partial charge in [0.1, 0.15) is 0 Å². The Kier molecular flexibility index (Phi) is 5.75. The van der Waals surface area contributed by atoms with Crippen LogP contribution < -0.4 is 11.1 Å². The van der Waals surface area contributed by atoms with E-state index in [1.165, 1.54) is 0 Å². The van der Waals surface area contributed by atoms with Gasteiger partial charge in [-0.1, -0.05) is 13.8 Å². The molecule has 0 aromatic heterocycles. The lowest BCUT2D eigenvalue weighted by atomic mass is 9.76. The Morgan fingerprint density at radius 3 is 2.14 bits per heavy atom. The van der Waals surface area contributed by atoms with Crippen molar-refractivity contribution in [2.75, 3.05) is 0 Å². The smallest absolute Gasteiger partial charge is 0.310 e. The van der Waals surface area contributed by atoms with Crippen LogP contribution in [0, 0.1) is 17.3 Å². The molecule has 6 nitrogen and oxygen atoms in total. The lowest BCUT2D eigenvalue weighted by Gasteiger charge is -2.31. The average molecular weight is 298 g/mol. The van der Waals surface area contributed by atoms with Crippen molar-refractivity contribution in [1.29, 1.82) is 0 Å². The Morgan fingerprint density at radius 2 is 1.76 bits per heavy atom. The first kappa shape index (κ1) is 17.5. The van der Waals surface area contributed by atoms with Crippen molar-refractivity contribution < 1.29 is 19.5 Å². The number of hydrogen-bond acceptors (Lipinski definition) is 3. The van der Waals surface area contributed by atoms with Crippen molar-refractivity contribution >= 4 is 17.8 Å². The fourth-order valence-electron chi connectivity index (χ4n) is 2.66. The van der Waals surface area contributed by atoms with Crippen LogP contribution in [0.3, 0.4) is 0 Å². The second kappa shape index (κ2) is 6.91. The van der Waals surface area contributed by atoms with Crippen molar-refractivity contribution in [2.45, 2.75) is 58.9 Å². The second-order valence-electron chi connectivity index (χ2n) is 6.57. The summed E-state index contributed by atoms with van der Waals surface area (Å²) in [5.74, 6) is -1.70. The van der Waals surface area contributed by atoms with Crippen molar-refractivity contribution in [3.63, 3.8) is 0 Å². The summed E-state index contributed by atoms with van der Waals surface area (Å²) in [5.41, 5.74) is 4.21. The minimum atomic E-state index is -1.06. The SMILES string of the molecule is CC(C)C(C)(CC(=O)NC1CCC(C(N)=O)CC1)C(=O)O. The molecule has 1 aliphatic rings. The van der Waals surface area contributed by atoms with Gasteiger partial charge in [0, 0.05) is 18.4 Å². The minimum absolute atomic E-state index is 0.0123.